The fraction of sp³-hybridized carbons (Fsp3) is 0.250. The van der Waals surface area contributed by atoms with Crippen LogP contribution in [0, 0.1) is 0 Å². The number of hydrogen-bond donors (Lipinski definition) is 1. The summed E-state index contributed by atoms with van der Waals surface area (Å²) in [5, 5.41) is 8.69. The number of nitrogens with zero attached hydrogens (tertiary/aromatic N) is 2. The van der Waals surface area contributed by atoms with E-state index in [9.17, 15) is 4.79 Å². The van der Waals surface area contributed by atoms with Gasteiger partial charge in [0.15, 0.2) is 0 Å². The van der Waals surface area contributed by atoms with Crippen LogP contribution in [0.15, 0.2) is 24.4 Å². The third kappa shape index (κ3) is 2.50. The van der Waals surface area contributed by atoms with Gasteiger partial charge in [0, 0.05) is 18.7 Å². The highest BCUT2D eigenvalue weighted by molar-refractivity contribution is 5.79. The van der Waals surface area contributed by atoms with Gasteiger partial charge in [-0.3, -0.25) is 9.78 Å². The van der Waals surface area contributed by atoms with Crippen molar-refractivity contribution in [2.75, 3.05) is 7.11 Å². The van der Waals surface area contributed by atoms with Gasteiger partial charge in [0.2, 0.25) is 5.88 Å². The summed E-state index contributed by atoms with van der Waals surface area (Å²) < 4.78 is 5.05. The average Bonchev–Trinajstić information content (AvgIpc) is 2.35. The molecule has 0 saturated carbocycles. The number of hydrogen-bond acceptors (Lipinski definition) is 4. The molecule has 2 aromatic heterocycles. The van der Waals surface area contributed by atoms with Crippen LogP contribution in [0.25, 0.3) is 11.0 Å². The standard InChI is InChI=1S/C12H12N2O3/c1-17-10-4-3-9-12(14-10)8(6-7-13-9)2-5-11(15)16/h3-4,6-7H,2,5H2,1H3,(H,15,16). The van der Waals surface area contributed by atoms with Crippen molar-refractivity contribution in [2.24, 2.45) is 0 Å². The summed E-state index contributed by atoms with van der Waals surface area (Å²) in [5.41, 5.74) is 2.32. The molecule has 0 fully saturated rings. The number of aliphatic carboxylic acids is 1. The van der Waals surface area contributed by atoms with Gasteiger partial charge < -0.3 is 9.84 Å². The number of rotatable bonds is 4. The Morgan fingerprint density at radius 3 is 2.94 bits per heavy atom. The van der Waals surface area contributed by atoms with E-state index in [-0.39, 0.29) is 6.42 Å². The fourth-order valence-corrected chi connectivity index (χ4v) is 1.62. The number of aryl methyl sites for hydroxylation is 1. The van der Waals surface area contributed by atoms with Crippen LogP contribution in [0.5, 0.6) is 5.88 Å². The topological polar surface area (TPSA) is 72.3 Å². The smallest absolute Gasteiger partial charge is 0.303 e. The SMILES string of the molecule is COc1ccc2nccc(CCC(=O)O)c2n1. The largest absolute Gasteiger partial charge is 0.481 e. The normalized spacial score (nSPS) is 10.4. The minimum atomic E-state index is -0.821. The highest BCUT2D eigenvalue weighted by Gasteiger charge is 2.07. The Morgan fingerprint density at radius 1 is 1.41 bits per heavy atom. The molecule has 0 unspecified atom stereocenters. The first kappa shape index (κ1) is 11.3. The summed E-state index contributed by atoms with van der Waals surface area (Å²) in [5.74, 6) is -0.320. The van der Waals surface area contributed by atoms with E-state index in [4.69, 9.17) is 9.84 Å². The Labute approximate surface area is 98.1 Å². The second kappa shape index (κ2) is 4.78. The number of pyridine rings is 2. The second-order valence-electron chi connectivity index (χ2n) is 3.59. The van der Waals surface area contributed by atoms with Crippen molar-refractivity contribution in [1.82, 2.24) is 9.97 Å². The number of carbonyl (C=O) groups is 1. The number of methoxy groups -OCH3 is 1. The van der Waals surface area contributed by atoms with Crippen molar-refractivity contribution in [3.05, 3.63) is 30.0 Å². The zero-order valence-corrected chi connectivity index (χ0v) is 9.38. The summed E-state index contributed by atoms with van der Waals surface area (Å²) in [6, 6.07) is 5.33. The second-order valence-corrected chi connectivity index (χ2v) is 3.59. The molecule has 0 aliphatic heterocycles. The first-order chi connectivity index (χ1) is 8.20. The van der Waals surface area contributed by atoms with Crippen LogP contribution in [-0.4, -0.2) is 28.2 Å². The maximum atomic E-state index is 10.6. The molecule has 0 amide bonds. The predicted molar refractivity (Wildman–Crippen MR) is 62.0 cm³/mol. The zero-order valence-electron chi connectivity index (χ0n) is 9.38. The summed E-state index contributed by atoms with van der Waals surface area (Å²) in [4.78, 5) is 19.0. The van der Waals surface area contributed by atoms with E-state index in [1.54, 1.807) is 25.4 Å². The molecule has 2 aromatic rings. The molecule has 0 atom stereocenters. The first-order valence-corrected chi connectivity index (χ1v) is 5.21. The maximum absolute atomic E-state index is 10.6. The predicted octanol–water partition coefficient (Wildman–Crippen LogP) is 1.66. The van der Waals surface area contributed by atoms with Crippen molar-refractivity contribution in [3.63, 3.8) is 0 Å². The Kier molecular flexibility index (Phi) is 3.18. The monoisotopic (exact) mass is 232 g/mol. The lowest BCUT2D eigenvalue weighted by atomic mass is 10.1. The van der Waals surface area contributed by atoms with Crippen LogP contribution in [0.3, 0.4) is 0 Å². The highest BCUT2D eigenvalue weighted by atomic mass is 16.5. The van der Waals surface area contributed by atoms with Crippen molar-refractivity contribution in [1.29, 1.82) is 0 Å². The summed E-state index contributed by atoms with van der Waals surface area (Å²) in [6.07, 6.45) is 2.18. The van der Waals surface area contributed by atoms with Crippen LogP contribution in [-0.2, 0) is 11.2 Å². The summed E-state index contributed by atoms with van der Waals surface area (Å²) in [7, 11) is 1.54. The fourth-order valence-electron chi connectivity index (χ4n) is 1.62. The van der Waals surface area contributed by atoms with Gasteiger partial charge in [0.1, 0.15) is 0 Å². The molecular formula is C12H12N2O3. The van der Waals surface area contributed by atoms with Crippen LogP contribution in [0.4, 0.5) is 0 Å². The molecule has 0 bridgehead atoms. The maximum Gasteiger partial charge on any atom is 0.303 e. The average molecular weight is 232 g/mol. The molecule has 0 aliphatic rings. The molecule has 0 saturated heterocycles. The minimum absolute atomic E-state index is 0.0814. The quantitative estimate of drug-likeness (QED) is 0.867. The molecule has 0 aliphatic carbocycles. The van der Waals surface area contributed by atoms with Crippen LogP contribution < -0.4 is 4.74 Å². The molecule has 1 N–H and O–H groups in total. The van der Waals surface area contributed by atoms with Crippen LogP contribution in [0.2, 0.25) is 0 Å². The van der Waals surface area contributed by atoms with E-state index in [0.29, 0.717) is 17.8 Å². The number of carboxylic acid groups (broad SMARTS) is 1. The molecule has 17 heavy (non-hydrogen) atoms. The van der Waals surface area contributed by atoms with Gasteiger partial charge in [-0.1, -0.05) is 0 Å². The van der Waals surface area contributed by atoms with Gasteiger partial charge in [-0.2, -0.15) is 0 Å². The minimum Gasteiger partial charge on any atom is -0.481 e. The Morgan fingerprint density at radius 2 is 2.24 bits per heavy atom. The highest BCUT2D eigenvalue weighted by Crippen LogP contribution is 2.19. The molecule has 0 spiro atoms. The van der Waals surface area contributed by atoms with Crippen LogP contribution in [0.1, 0.15) is 12.0 Å². The van der Waals surface area contributed by atoms with Gasteiger partial charge in [-0.05, 0) is 24.1 Å². The number of ether oxygens (including phenoxy) is 1. The molecular weight excluding hydrogens is 220 g/mol. The molecule has 2 heterocycles. The first-order valence-electron chi connectivity index (χ1n) is 5.21. The molecule has 2 rings (SSSR count). The lowest BCUT2D eigenvalue weighted by Gasteiger charge is -2.05. The Hall–Kier alpha value is -2.17. The Bertz CT molecular complexity index is 554. The third-order valence-electron chi connectivity index (χ3n) is 2.46. The van der Waals surface area contributed by atoms with Gasteiger partial charge in [0.05, 0.1) is 18.1 Å². The molecule has 5 heteroatoms. The molecule has 5 nitrogen and oxygen atoms in total. The molecule has 0 radical (unpaired) electrons. The number of aromatic nitrogens is 2. The van der Waals surface area contributed by atoms with Gasteiger partial charge in [0.25, 0.3) is 0 Å². The van der Waals surface area contributed by atoms with Crippen molar-refractivity contribution >= 4 is 17.0 Å². The molecule has 0 aromatic carbocycles. The van der Waals surface area contributed by atoms with Crippen molar-refractivity contribution < 1.29 is 14.6 Å². The van der Waals surface area contributed by atoms with E-state index in [2.05, 4.69) is 9.97 Å². The van der Waals surface area contributed by atoms with E-state index in [0.717, 1.165) is 11.1 Å². The molecule has 88 valence electrons. The van der Waals surface area contributed by atoms with Gasteiger partial charge >= 0.3 is 5.97 Å². The van der Waals surface area contributed by atoms with Crippen molar-refractivity contribution in [2.45, 2.75) is 12.8 Å². The van der Waals surface area contributed by atoms with E-state index in [1.165, 1.54) is 0 Å². The van der Waals surface area contributed by atoms with Crippen LogP contribution >= 0.6 is 0 Å². The van der Waals surface area contributed by atoms with E-state index >= 15 is 0 Å². The summed E-state index contributed by atoms with van der Waals surface area (Å²) >= 11 is 0. The number of carboxylic acids is 1. The third-order valence-corrected chi connectivity index (χ3v) is 2.46. The number of fused-ring (bicyclic) bond motifs is 1. The van der Waals surface area contributed by atoms with E-state index < -0.39 is 5.97 Å². The summed E-state index contributed by atoms with van der Waals surface area (Å²) in [6.45, 7) is 0. The Balaban J connectivity index is 2.43. The van der Waals surface area contributed by atoms with Gasteiger partial charge in [-0.15, -0.1) is 0 Å². The van der Waals surface area contributed by atoms with Crippen molar-refractivity contribution in [3.8, 4) is 5.88 Å². The zero-order chi connectivity index (χ0) is 12.3. The van der Waals surface area contributed by atoms with E-state index in [1.807, 2.05) is 6.07 Å². The van der Waals surface area contributed by atoms with Gasteiger partial charge in [-0.25, -0.2) is 4.98 Å². The lowest BCUT2D eigenvalue weighted by molar-refractivity contribution is -0.136. The lowest BCUT2D eigenvalue weighted by Crippen LogP contribution is -2.00.